The van der Waals surface area contributed by atoms with E-state index >= 15 is 0 Å². The van der Waals surface area contributed by atoms with Crippen LogP contribution in [0.5, 0.6) is 5.75 Å². The number of hydrogen-bond acceptors (Lipinski definition) is 8. The highest BCUT2D eigenvalue weighted by molar-refractivity contribution is 6.12. The first-order valence-corrected chi connectivity index (χ1v) is 9.70. The van der Waals surface area contributed by atoms with Crippen molar-refractivity contribution in [3.63, 3.8) is 0 Å². The van der Waals surface area contributed by atoms with Gasteiger partial charge in [-0.3, -0.25) is 0 Å². The molecule has 0 saturated heterocycles. The number of furan rings is 1. The van der Waals surface area contributed by atoms with Gasteiger partial charge in [-0.1, -0.05) is 5.16 Å². The molecular weight excluding hydrogens is 435 g/mol. The number of esters is 1. The molecule has 1 amide bonds. The molecule has 0 aliphatic carbocycles. The van der Waals surface area contributed by atoms with Gasteiger partial charge in [0.15, 0.2) is 5.76 Å². The third kappa shape index (κ3) is 4.03. The maximum atomic E-state index is 13.5. The Morgan fingerprint density at radius 1 is 1.15 bits per heavy atom. The number of benzene rings is 2. The van der Waals surface area contributed by atoms with Gasteiger partial charge in [0, 0.05) is 23.6 Å². The fourth-order valence-corrected chi connectivity index (χ4v) is 3.63. The summed E-state index contributed by atoms with van der Waals surface area (Å²) in [5, 5.41) is 4.31. The number of aryl methyl sites for hydroxylation is 1. The molecule has 0 unspecified atom stereocenters. The number of aromatic nitrogens is 1. The number of primary amides is 1. The maximum absolute atomic E-state index is 13.5. The van der Waals surface area contributed by atoms with Gasteiger partial charge in [0.25, 0.3) is 0 Å². The molecule has 0 radical (unpaired) electrons. The highest BCUT2D eigenvalue weighted by Gasteiger charge is 2.28. The van der Waals surface area contributed by atoms with Crippen molar-refractivity contribution in [2.24, 2.45) is 5.73 Å². The van der Waals surface area contributed by atoms with E-state index in [4.69, 9.17) is 24.1 Å². The topological polar surface area (TPSA) is 127 Å². The fraction of sp³-hybridized carbons (Fsp3) is 0.174. The summed E-state index contributed by atoms with van der Waals surface area (Å²) < 4.78 is 40.2. The van der Waals surface area contributed by atoms with Gasteiger partial charge in [0.1, 0.15) is 35.1 Å². The number of carbonyl (C=O) groups is 2. The lowest BCUT2D eigenvalue weighted by Gasteiger charge is -2.09. The molecular formula is C23H19FN2O7. The number of halogens is 1. The molecule has 0 fully saturated rings. The van der Waals surface area contributed by atoms with Crippen LogP contribution < -0.4 is 10.5 Å². The SMILES string of the molecule is COCc1onc(C)c1-c1cc2oc(-c3ccc(F)cc3)c(C(=O)OC(N)=O)c2cc1OC. The van der Waals surface area contributed by atoms with Gasteiger partial charge in [-0.15, -0.1) is 0 Å². The number of methoxy groups -OCH3 is 2. The molecule has 0 aliphatic heterocycles. The van der Waals surface area contributed by atoms with Crippen LogP contribution in [0.15, 0.2) is 45.3 Å². The Balaban J connectivity index is 2.00. The normalized spacial score (nSPS) is 11.0. The third-order valence-corrected chi connectivity index (χ3v) is 4.99. The molecule has 4 rings (SSSR count). The molecule has 33 heavy (non-hydrogen) atoms. The van der Waals surface area contributed by atoms with E-state index in [1.54, 1.807) is 19.1 Å². The van der Waals surface area contributed by atoms with Gasteiger partial charge in [-0.05, 0) is 43.3 Å². The Bertz CT molecular complexity index is 1360. The third-order valence-electron chi connectivity index (χ3n) is 4.99. The van der Waals surface area contributed by atoms with Crippen LogP contribution in [-0.4, -0.2) is 31.4 Å². The predicted molar refractivity (Wildman–Crippen MR) is 114 cm³/mol. The van der Waals surface area contributed by atoms with Crippen LogP contribution in [-0.2, 0) is 16.1 Å². The lowest BCUT2D eigenvalue weighted by atomic mass is 9.99. The first-order valence-electron chi connectivity index (χ1n) is 9.70. The molecule has 0 bridgehead atoms. The van der Waals surface area contributed by atoms with Crippen molar-refractivity contribution < 1.29 is 37.1 Å². The van der Waals surface area contributed by atoms with Crippen molar-refractivity contribution in [1.29, 1.82) is 0 Å². The summed E-state index contributed by atoms with van der Waals surface area (Å²) in [6.45, 7) is 1.94. The molecule has 2 heterocycles. The van der Waals surface area contributed by atoms with Crippen LogP contribution in [0.1, 0.15) is 21.8 Å². The highest BCUT2D eigenvalue weighted by atomic mass is 19.1. The second kappa shape index (κ2) is 8.75. The quantitative estimate of drug-likeness (QED) is 0.331. The Morgan fingerprint density at radius 3 is 2.52 bits per heavy atom. The first-order chi connectivity index (χ1) is 15.8. The van der Waals surface area contributed by atoms with E-state index in [2.05, 4.69) is 9.89 Å². The van der Waals surface area contributed by atoms with E-state index < -0.39 is 17.9 Å². The Kier molecular flexibility index (Phi) is 5.84. The standard InChI is InChI=1S/C23H19FN2O7/c1-11-19(18(10-29-2)33-26-11)14-9-17-15(8-16(14)30-3)20(22(27)32-23(25)28)21(31-17)12-4-6-13(24)7-5-12/h4-9H,10H2,1-3H3,(H2,25,28). The van der Waals surface area contributed by atoms with E-state index in [1.807, 2.05) is 0 Å². The minimum absolute atomic E-state index is 0.0561. The molecule has 170 valence electrons. The zero-order valence-electron chi connectivity index (χ0n) is 17.9. The van der Waals surface area contributed by atoms with Crippen molar-refractivity contribution in [3.8, 4) is 28.2 Å². The molecule has 0 saturated carbocycles. The van der Waals surface area contributed by atoms with Crippen molar-refractivity contribution in [2.75, 3.05) is 14.2 Å². The largest absolute Gasteiger partial charge is 0.496 e. The zero-order chi connectivity index (χ0) is 23.7. The highest BCUT2D eigenvalue weighted by Crippen LogP contribution is 2.42. The van der Waals surface area contributed by atoms with Crippen molar-refractivity contribution in [1.82, 2.24) is 5.16 Å². The van der Waals surface area contributed by atoms with Gasteiger partial charge < -0.3 is 28.9 Å². The van der Waals surface area contributed by atoms with Crippen molar-refractivity contribution >= 4 is 23.0 Å². The minimum Gasteiger partial charge on any atom is -0.496 e. The average Bonchev–Trinajstić information content (AvgIpc) is 3.33. The molecule has 0 atom stereocenters. The smallest absolute Gasteiger partial charge is 0.412 e. The number of carbonyl (C=O) groups excluding carboxylic acids is 2. The lowest BCUT2D eigenvalue weighted by Crippen LogP contribution is -2.18. The van der Waals surface area contributed by atoms with E-state index in [0.717, 1.165) is 0 Å². The summed E-state index contributed by atoms with van der Waals surface area (Å²) >= 11 is 0. The predicted octanol–water partition coefficient (Wildman–Crippen LogP) is 4.59. The second-order valence-electron chi connectivity index (χ2n) is 7.07. The summed E-state index contributed by atoms with van der Waals surface area (Å²) in [5.41, 5.74) is 7.50. The van der Waals surface area contributed by atoms with E-state index in [9.17, 15) is 14.0 Å². The van der Waals surface area contributed by atoms with E-state index in [1.165, 1.54) is 38.5 Å². The monoisotopic (exact) mass is 454 g/mol. The van der Waals surface area contributed by atoms with Crippen molar-refractivity contribution in [3.05, 3.63) is 59.2 Å². The Labute approximate surface area is 186 Å². The van der Waals surface area contributed by atoms with Crippen LogP contribution in [0.4, 0.5) is 9.18 Å². The van der Waals surface area contributed by atoms with Crippen LogP contribution in [0.2, 0.25) is 0 Å². The number of amides is 1. The van der Waals surface area contributed by atoms with Gasteiger partial charge in [-0.25, -0.2) is 14.0 Å². The summed E-state index contributed by atoms with van der Waals surface area (Å²) in [7, 11) is 2.99. The molecule has 2 aromatic carbocycles. The summed E-state index contributed by atoms with van der Waals surface area (Å²) in [6.07, 6.45) is -1.27. The number of rotatable bonds is 6. The van der Waals surface area contributed by atoms with E-state index in [-0.39, 0.29) is 23.5 Å². The number of ether oxygens (including phenoxy) is 3. The average molecular weight is 454 g/mol. The molecule has 2 aromatic heterocycles. The summed E-state index contributed by atoms with van der Waals surface area (Å²) in [6, 6.07) is 8.54. The van der Waals surface area contributed by atoms with E-state index in [0.29, 0.717) is 39.3 Å². The lowest BCUT2D eigenvalue weighted by molar-refractivity contribution is 0.0640. The van der Waals surface area contributed by atoms with Gasteiger partial charge >= 0.3 is 12.1 Å². The number of nitrogens with two attached hydrogens (primary N) is 1. The first kappa shape index (κ1) is 22.0. The van der Waals surface area contributed by atoms with Crippen molar-refractivity contribution in [2.45, 2.75) is 13.5 Å². The molecule has 0 spiro atoms. The van der Waals surface area contributed by atoms with Crippen LogP contribution in [0, 0.1) is 12.7 Å². The molecule has 0 aliphatic rings. The Morgan fingerprint density at radius 2 is 1.88 bits per heavy atom. The summed E-state index contributed by atoms with van der Waals surface area (Å²) in [4.78, 5) is 24.0. The second-order valence-corrected chi connectivity index (χ2v) is 7.07. The molecule has 4 aromatic rings. The number of nitrogens with zero attached hydrogens (tertiary/aromatic N) is 1. The molecule has 9 nitrogen and oxygen atoms in total. The number of fused-ring (bicyclic) bond motifs is 1. The molecule has 10 heteroatoms. The summed E-state index contributed by atoms with van der Waals surface area (Å²) in [5.74, 6) is -0.544. The van der Waals surface area contributed by atoms with Gasteiger partial charge in [-0.2, -0.15) is 0 Å². The zero-order valence-corrected chi connectivity index (χ0v) is 17.9. The van der Waals surface area contributed by atoms with Crippen LogP contribution in [0.25, 0.3) is 33.4 Å². The maximum Gasteiger partial charge on any atom is 0.412 e. The van der Waals surface area contributed by atoms with Crippen LogP contribution >= 0.6 is 0 Å². The van der Waals surface area contributed by atoms with Gasteiger partial charge in [0.05, 0.1) is 18.4 Å². The number of hydrogen-bond donors (Lipinski definition) is 1. The van der Waals surface area contributed by atoms with Gasteiger partial charge in [0.2, 0.25) is 0 Å². The molecule has 2 N–H and O–H groups in total. The fourth-order valence-electron chi connectivity index (χ4n) is 3.63. The Hall–Kier alpha value is -4.18. The minimum atomic E-state index is -1.27. The van der Waals surface area contributed by atoms with Crippen LogP contribution in [0.3, 0.4) is 0 Å².